The van der Waals surface area contributed by atoms with Crippen LogP contribution in [0.5, 0.6) is 0 Å². The summed E-state index contributed by atoms with van der Waals surface area (Å²) in [5.41, 5.74) is 5.76. The van der Waals surface area contributed by atoms with Crippen molar-refractivity contribution in [2.45, 2.75) is 56.5 Å². The topological polar surface area (TPSA) is 56.3 Å². The molecule has 1 aliphatic carbocycles. The van der Waals surface area contributed by atoms with Gasteiger partial charge in [-0.3, -0.25) is 0 Å². The van der Waals surface area contributed by atoms with Gasteiger partial charge in [-0.2, -0.15) is 5.26 Å². The minimum atomic E-state index is -0.628. The van der Waals surface area contributed by atoms with Gasteiger partial charge in [0.05, 0.1) is 6.07 Å². The number of nitrogens with two attached hydrogens (primary N) is 1. The van der Waals surface area contributed by atoms with Crippen molar-refractivity contribution in [3.05, 3.63) is 0 Å². The van der Waals surface area contributed by atoms with Gasteiger partial charge in [0.25, 0.3) is 0 Å². The Morgan fingerprint density at radius 3 is 2.32 bits per heavy atom. The summed E-state index contributed by atoms with van der Waals surface area (Å²) in [4.78, 5) is 4.77. The Balaban J connectivity index is 2.32. The molecule has 0 saturated heterocycles. The van der Waals surface area contributed by atoms with Crippen LogP contribution in [0.4, 0.5) is 0 Å². The minimum Gasteiger partial charge on any atom is -0.313 e. The molecule has 0 aromatic heterocycles. The Hall–Kier alpha value is -0.630. The standard InChI is InChI=1S/C15H30N4/c1-5-14(17,12-16)8-7-11-19(4)13-15(18(2)3)9-6-10-15/h5-11,13,17H2,1-4H3. The van der Waals surface area contributed by atoms with Crippen LogP contribution >= 0.6 is 0 Å². The second kappa shape index (κ2) is 6.69. The molecule has 110 valence electrons. The van der Waals surface area contributed by atoms with Gasteiger partial charge in [-0.1, -0.05) is 6.92 Å². The maximum Gasteiger partial charge on any atom is 0.104 e. The molecule has 0 aliphatic heterocycles. The molecule has 0 bridgehead atoms. The SMILES string of the molecule is CCC(N)(C#N)CCCN(C)CC1(N(C)C)CCC1. The molecule has 0 spiro atoms. The number of hydrogen-bond donors (Lipinski definition) is 1. The molecule has 2 N–H and O–H groups in total. The van der Waals surface area contributed by atoms with E-state index in [-0.39, 0.29) is 0 Å². The number of nitrogens with zero attached hydrogens (tertiary/aromatic N) is 3. The molecule has 1 aliphatic rings. The molecular formula is C15H30N4. The van der Waals surface area contributed by atoms with Gasteiger partial charge in [0, 0.05) is 12.1 Å². The summed E-state index contributed by atoms with van der Waals surface area (Å²) < 4.78 is 0. The maximum absolute atomic E-state index is 9.06. The first-order chi connectivity index (χ1) is 8.87. The highest BCUT2D eigenvalue weighted by Gasteiger charge is 2.39. The highest BCUT2D eigenvalue weighted by atomic mass is 15.2. The number of hydrogen-bond acceptors (Lipinski definition) is 4. The molecule has 4 nitrogen and oxygen atoms in total. The summed E-state index contributed by atoms with van der Waals surface area (Å²) in [5.74, 6) is 0. The Morgan fingerprint density at radius 2 is 1.95 bits per heavy atom. The van der Waals surface area contributed by atoms with E-state index < -0.39 is 5.54 Å². The summed E-state index contributed by atoms with van der Waals surface area (Å²) in [6.45, 7) is 4.13. The molecule has 0 radical (unpaired) electrons. The van der Waals surface area contributed by atoms with Crippen LogP contribution in [0, 0.1) is 11.3 Å². The third-order valence-electron chi connectivity index (χ3n) is 4.81. The van der Waals surface area contributed by atoms with Gasteiger partial charge in [0.15, 0.2) is 0 Å². The fourth-order valence-electron chi connectivity index (χ4n) is 2.89. The van der Waals surface area contributed by atoms with Crippen molar-refractivity contribution in [1.29, 1.82) is 5.26 Å². The quantitative estimate of drug-likeness (QED) is 0.728. The van der Waals surface area contributed by atoms with Gasteiger partial charge < -0.3 is 15.5 Å². The third kappa shape index (κ3) is 4.17. The second-order valence-electron chi connectivity index (χ2n) is 6.44. The van der Waals surface area contributed by atoms with Crippen LogP contribution in [-0.2, 0) is 0 Å². The van der Waals surface area contributed by atoms with Crippen molar-refractivity contribution in [1.82, 2.24) is 9.80 Å². The average molecular weight is 266 g/mol. The maximum atomic E-state index is 9.06. The third-order valence-corrected chi connectivity index (χ3v) is 4.81. The first-order valence-corrected chi connectivity index (χ1v) is 7.43. The van der Waals surface area contributed by atoms with Crippen molar-refractivity contribution < 1.29 is 0 Å². The van der Waals surface area contributed by atoms with Crippen molar-refractivity contribution in [3.8, 4) is 6.07 Å². The van der Waals surface area contributed by atoms with Crippen LogP contribution in [-0.4, -0.2) is 55.1 Å². The molecule has 4 heteroatoms. The van der Waals surface area contributed by atoms with Crippen molar-refractivity contribution in [2.75, 3.05) is 34.2 Å². The Morgan fingerprint density at radius 1 is 1.32 bits per heavy atom. The van der Waals surface area contributed by atoms with E-state index >= 15 is 0 Å². The number of rotatable bonds is 8. The lowest BCUT2D eigenvalue weighted by Crippen LogP contribution is -2.56. The molecule has 1 unspecified atom stereocenters. The molecular weight excluding hydrogens is 236 g/mol. The summed E-state index contributed by atoms with van der Waals surface area (Å²) in [6, 6.07) is 2.24. The molecule has 0 aromatic carbocycles. The zero-order valence-corrected chi connectivity index (χ0v) is 13.1. The van der Waals surface area contributed by atoms with Crippen molar-refractivity contribution in [3.63, 3.8) is 0 Å². The van der Waals surface area contributed by atoms with E-state index in [1.54, 1.807) is 0 Å². The molecule has 19 heavy (non-hydrogen) atoms. The van der Waals surface area contributed by atoms with Gasteiger partial charge >= 0.3 is 0 Å². The zero-order valence-electron chi connectivity index (χ0n) is 13.1. The normalized spacial score (nSPS) is 20.9. The summed E-state index contributed by atoms with van der Waals surface area (Å²) >= 11 is 0. The van der Waals surface area contributed by atoms with Crippen LogP contribution in [0.25, 0.3) is 0 Å². The van der Waals surface area contributed by atoms with Gasteiger partial charge in [-0.05, 0) is 66.2 Å². The van der Waals surface area contributed by atoms with Gasteiger partial charge in [-0.15, -0.1) is 0 Å². The highest BCUT2D eigenvalue weighted by Crippen LogP contribution is 2.36. The lowest BCUT2D eigenvalue weighted by atomic mass is 9.75. The van der Waals surface area contributed by atoms with Crippen molar-refractivity contribution in [2.24, 2.45) is 5.73 Å². The monoisotopic (exact) mass is 266 g/mol. The summed E-state index contributed by atoms with van der Waals surface area (Å²) in [5, 5.41) is 9.06. The van der Waals surface area contributed by atoms with Crippen LogP contribution < -0.4 is 5.73 Å². The molecule has 0 amide bonds. The van der Waals surface area contributed by atoms with Crippen LogP contribution in [0.3, 0.4) is 0 Å². The summed E-state index contributed by atoms with van der Waals surface area (Å²) in [6.07, 6.45) is 6.48. The van der Waals surface area contributed by atoms with E-state index in [1.165, 1.54) is 19.3 Å². The number of likely N-dealkylation sites (N-methyl/N-ethyl adjacent to an activating group) is 2. The van der Waals surface area contributed by atoms with Crippen molar-refractivity contribution >= 4 is 0 Å². The van der Waals surface area contributed by atoms with E-state index in [1.807, 2.05) is 6.92 Å². The van der Waals surface area contributed by atoms with E-state index in [0.717, 1.165) is 32.4 Å². The Labute approximate surface area is 118 Å². The van der Waals surface area contributed by atoms with E-state index in [4.69, 9.17) is 11.0 Å². The Kier molecular flexibility index (Phi) is 5.79. The molecule has 1 rings (SSSR count). The fourth-order valence-corrected chi connectivity index (χ4v) is 2.89. The second-order valence-corrected chi connectivity index (χ2v) is 6.44. The first-order valence-electron chi connectivity index (χ1n) is 7.43. The summed E-state index contributed by atoms with van der Waals surface area (Å²) in [7, 11) is 6.55. The van der Waals surface area contributed by atoms with E-state index in [9.17, 15) is 0 Å². The van der Waals surface area contributed by atoms with Gasteiger partial charge in [-0.25, -0.2) is 0 Å². The van der Waals surface area contributed by atoms with Crippen LogP contribution in [0.2, 0.25) is 0 Å². The predicted octanol–water partition coefficient (Wildman–Crippen LogP) is 1.81. The van der Waals surface area contributed by atoms with E-state index in [0.29, 0.717) is 5.54 Å². The number of nitriles is 1. The predicted molar refractivity (Wildman–Crippen MR) is 79.8 cm³/mol. The van der Waals surface area contributed by atoms with Crippen LogP contribution in [0.1, 0.15) is 45.4 Å². The molecule has 1 fully saturated rings. The lowest BCUT2D eigenvalue weighted by molar-refractivity contribution is 0.0273. The molecule has 1 atom stereocenters. The fraction of sp³-hybridized carbons (Fsp3) is 0.933. The molecule has 1 saturated carbocycles. The van der Waals surface area contributed by atoms with Crippen LogP contribution in [0.15, 0.2) is 0 Å². The van der Waals surface area contributed by atoms with Gasteiger partial charge in [0.1, 0.15) is 5.54 Å². The smallest absolute Gasteiger partial charge is 0.104 e. The first kappa shape index (κ1) is 16.4. The zero-order chi connectivity index (χ0) is 14.5. The van der Waals surface area contributed by atoms with Gasteiger partial charge in [0.2, 0.25) is 0 Å². The largest absolute Gasteiger partial charge is 0.313 e. The van der Waals surface area contributed by atoms with E-state index in [2.05, 4.69) is 37.0 Å². The molecule has 0 heterocycles. The average Bonchev–Trinajstić information content (AvgIpc) is 2.33. The lowest BCUT2D eigenvalue weighted by Gasteiger charge is -2.49. The molecule has 0 aromatic rings. The highest BCUT2D eigenvalue weighted by molar-refractivity contribution is 5.03. The Bertz CT molecular complexity index is 317. The minimum absolute atomic E-state index is 0.383.